The Morgan fingerprint density at radius 3 is 2.68 bits per heavy atom. The standard InChI is InChI=1S/C19H23N5O/c20-16-23-19(24-17-9-8-12-21-15-17)22-13-6-1-2-7-14-25-18-10-4-3-5-11-18/h3-5,8-12,15H,1-2,6-7,13-14H2,(H2,22,23,24). The predicted octanol–water partition coefficient (Wildman–Crippen LogP) is 3.37. The highest BCUT2D eigenvalue weighted by atomic mass is 16.5. The second kappa shape index (κ2) is 11.5. The lowest BCUT2D eigenvalue weighted by atomic mass is 10.2. The van der Waals surface area contributed by atoms with Gasteiger partial charge in [0.1, 0.15) is 5.75 Å². The lowest BCUT2D eigenvalue weighted by Gasteiger charge is -2.08. The number of para-hydroxylation sites is 1. The molecule has 2 N–H and O–H groups in total. The molecule has 0 aliphatic heterocycles. The Balaban J connectivity index is 1.58. The molecule has 2 aromatic rings. The van der Waals surface area contributed by atoms with E-state index in [1.807, 2.05) is 42.6 Å². The molecule has 6 heteroatoms. The van der Waals surface area contributed by atoms with Crippen LogP contribution in [0.15, 0.2) is 59.9 Å². The largest absolute Gasteiger partial charge is 0.494 e. The molecule has 1 aromatic carbocycles. The lowest BCUT2D eigenvalue weighted by molar-refractivity contribution is 0.304. The smallest absolute Gasteiger partial charge is 0.209 e. The van der Waals surface area contributed by atoms with Gasteiger partial charge < -0.3 is 10.1 Å². The molecule has 6 nitrogen and oxygen atoms in total. The van der Waals surface area contributed by atoms with Gasteiger partial charge in [0.05, 0.1) is 18.5 Å². The van der Waals surface area contributed by atoms with Gasteiger partial charge in [0.2, 0.25) is 5.96 Å². The number of ether oxygens (including phenoxy) is 1. The molecule has 130 valence electrons. The van der Waals surface area contributed by atoms with Gasteiger partial charge in [-0.05, 0) is 37.1 Å². The van der Waals surface area contributed by atoms with Crippen LogP contribution in [0.4, 0.5) is 5.69 Å². The number of hydrogen-bond donors (Lipinski definition) is 2. The van der Waals surface area contributed by atoms with Crippen molar-refractivity contribution in [3.8, 4) is 11.9 Å². The zero-order valence-corrected chi connectivity index (χ0v) is 14.2. The van der Waals surface area contributed by atoms with Crippen molar-refractivity contribution in [3.05, 3.63) is 54.9 Å². The highest BCUT2D eigenvalue weighted by Crippen LogP contribution is 2.10. The van der Waals surface area contributed by atoms with Gasteiger partial charge >= 0.3 is 0 Å². The Bertz CT molecular complexity index is 667. The molecule has 0 spiro atoms. The molecule has 1 aromatic heterocycles. The van der Waals surface area contributed by atoms with E-state index < -0.39 is 0 Å². The highest BCUT2D eigenvalue weighted by Gasteiger charge is 1.99. The molecule has 0 bridgehead atoms. The summed E-state index contributed by atoms with van der Waals surface area (Å²) in [4.78, 5) is 8.32. The number of guanidine groups is 1. The van der Waals surface area contributed by atoms with Crippen LogP contribution in [0.2, 0.25) is 0 Å². The van der Waals surface area contributed by atoms with Crippen LogP contribution in [0, 0.1) is 11.5 Å². The summed E-state index contributed by atoms with van der Waals surface area (Å²) in [6, 6.07) is 13.5. The summed E-state index contributed by atoms with van der Waals surface area (Å²) < 4.78 is 5.66. The molecular weight excluding hydrogens is 314 g/mol. The quantitative estimate of drug-likeness (QED) is 0.241. The monoisotopic (exact) mass is 337 g/mol. The number of aliphatic imine (C=N–C) groups is 1. The summed E-state index contributed by atoms with van der Waals surface area (Å²) in [7, 11) is 0. The zero-order chi connectivity index (χ0) is 17.6. The number of nitrogens with zero attached hydrogens (tertiary/aromatic N) is 3. The van der Waals surface area contributed by atoms with Crippen LogP contribution in [0.25, 0.3) is 0 Å². The van der Waals surface area contributed by atoms with Crippen LogP contribution in [0.1, 0.15) is 25.7 Å². The first-order chi connectivity index (χ1) is 12.4. The molecule has 0 aliphatic rings. The molecular formula is C19H23N5O. The highest BCUT2D eigenvalue weighted by molar-refractivity contribution is 5.83. The SMILES string of the molecule is N#CN/C(=N\c1cccnc1)NCCCCCCOc1ccccc1. The van der Waals surface area contributed by atoms with Gasteiger partial charge in [-0.15, -0.1) is 0 Å². The van der Waals surface area contributed by atoms with Crippen molar-refractivity contribution in [2.45, 2.75) is 25.7 Å². The summed E-state index contributed by atoms with van der Waals surface area (Å²) in [5.41, 5.74) is 0.700. The van der Waals surface area contributed by atoms with E-state index in [-0.39, 0.29) is 0 Å². The van der Waals surface area contributed by atoms with Crippen molar-refractivity contribution in [2.75, 3.05) is 13.2 Å². The van der Waals surface area contributed by atoms with Crippen molar-refractivity contribution >= 4 is 11.6 Å². The van der Waals surface area contributed by atoms with Gasteiger partial charge in [-0.3, -0.25) is 10.3 Å². The first-order valence-corrected chi connectivity index (χ1v) is 8.44. The summed E-state index contributed by atoms with van der Waals surface area (Å²) in [6.45, 7) is 1.49. The summed E-state index contributed by atoms with van der Waals surface area (Å²) in [5, 5.41) is 14.5. The van der Waals surface area contributed by atoms with Crippen molar-refractivity contribution in [3.63, 3.8) is 0 Å². The van der Waals surface area contributed by atoms with E-state index in [9.17, 15) is 0 Å². The fourth-order valence-electron chi connectivity index (χ4n) is 2.21. The van der Waals surface area contributed by atoms with E-state index in [2.05, 4.69) is 20.6 Å². The third-order valence-corrected chi connectivity index (χ3v) is 3.44. The molecule has 1 heterocycles. The molecule has 0 fully saturated rings. The number of nitriles is 1. The molecule has 0 amide bonds. The van der Waals surface area contributed by atoms with Crippen LogP contribution < -0.4 is 15.4 Å². The molecule has 25 heavy (non-hydrogen) atoms. The minimum Gasteiger partial charge on any atom is -0.494 e. The number of benzene rings is 1. The van der Waals surface area contributed by atoms with E-state index in [0.717, 1.165) is 44.6 Å². The maximum absolute atomic E-state index is 8.80. The molecule has 0 radical (unpaired) electrons. The Morgan fingerprint density at radius 1 is 1.08 bits per heavy atom. The second-order valence-corrected chi connectivity index (χ2v) is 5.41. The summed E-state index contributed by atoms with van der Waals surface area (Å²) in [5.74, 6) is 1.37. The summed E-state index contributed by atoms with van der Waals surface area (Å²) >= 11 is 0. The fraction of sp³-hybridized carbons (Fsp3) is 0.316. The normalized spacial score (nSPS) is 10.8. The maximum Gasteiger partial charge on any atom is 0.209 e. The Kier molecular flexibility index (Phi) is 8.38. The summed E-state index contributed by atoms with van der Waals surface area (Å²) in [6.07, 6.45) is 9.46. The van der Waals surface area contributed by atoms with Crippen molar-refractivity contribution < 1.29 is 4.74 Å². The molecule has 0 unspecified atom stereocenters. The molecule has 0 saturated carbocycles. The van der Waals surface area contributed by atoms with Gasteiger partial charge in [-0.1, -0.05) is 31.0 Å². The first-order valence-electron chi connectivity index (χ1n) is 8.44. The number of unbranched alkanes of at least 4 members (excludes halogenated alkanes) is 3. The average molecular weight is 337 g/mol. The van der Waals surface area contributed by atoms with Crippen molar-refractivity contribution in [1.29, 1.82) is 5.26 Å². The van der Waals surface area contributed by atoms with Gasteiger partial charge in [0.25, 0.3) is 0 Å². The first kappa shape index (κ1) is 18.3. The van der Waals surface area contributed by atoms with E-state index >= 15 is 0 Å². The van der Waals surface area contributed by atoms with Crippen LogP contribution in [0.3, 0.4) is 0 Å². The number of nitrogens with one attached hydrogen (secondary N) is 2. The van der Waals surface area contributed by atoms with Gasteiger partial charge in [0, 0.05) is 12.7 Å². The van der Waals surface area contributed by atoms with Gasteiger partial charge in [0.15, 0.2) is 6.19 Å². The molecule has 0 atom stereocenters. The maximum atomic E-state index is 8.80. The van der Waals surface area contributed by atoms with E-state index in [4.69, 9.17) is 10.00 Å². The molecule has 2 rings (SSSR count). The van der Waals surface area contributed by atoms with E-state index in [1.165, 1.54) is 0 Å². The Labute approximate surface area is 148 Å². The fourth-order valence-corrected chi connectivity index (χ4v) is 2.21. The van der Waals surface area contributed by atoms with Crippen LogP contribution in [-0.2, 0) is 0 Å². The van der Waals surface area contributed by atoms with Crippen LogP contribution in [0.5, 0.6) is 5.75 Å². The van der Waals surface area contributed by atoms with Crippen LogP contribution >= 0.6 is 0 Å². The predicted molar refractivity (Wildman–Crippen MR) is 98.5 cm³/mol. The number of aromatic nitrogens is 1. The molecule has 0 saturated heterocycles. The van der Waals surface area contributed by atoms with Crippen molar-refractivity contribution in [1.82, 2.24) is 15.6 Å². The number of rotatable bonds is 9. The Hall–Kier alpha value is -3.07. The van der Waals surface area contributed by atoms with Crippen molar-refractivity contribution in [2.24, 2.45) is 4.99 Å². The van der Waals surface area contributed by atoms with Crippen LogP contribution in [-0.4, -0.2) is 24.1 Å². The van der Waals surface area contributed by atoms with Gasteiger partial charge in [-0.2, -0.15) is 5.26 Å². The third-order valence-electron chi connectivity index (χ3n) is 3.44. The van der Waals surface area contributed by atoms with Gasteiger partial charge in [-0.25, -0.2) is 4.99 Å². The van der Waals surface area contributed by atoms with E-state index in [0.29, 0.717) is 11.6 Å². The second-order valence-electron chi connectivity index (χ2n) is 5.41. The Morgan fingerprint density at radius 2 is 1.92 bits per heavy atom. The average Bonchev–Trinajstić information content (AvgIpc) is 2.65. The number of pyridine rings is 1. The zero-order valence-electron chi connectivity index (χ0n) is 14.2. The lowest BCUT2D eigenvalue weighted by Crippen LogP contribution is -2.34. The third kappa shape index (κ3) is 7.84. The minimum absolute atomic E-state index is 0.447. The molecule has 0 aliphatic carbocycles. The topological polar surface area (TPSA) is 82.3 Å². The van der Waals surface area contributed by atoms with E-state index in [1.54, 1.807) is 18.5 Å². The minimum atomic E-state index is 0.447. The number of hydrogen-bond acceptors (Lipinski definition) is 4.